The monoisotopic (exact) mass is 136 g/mol. The summed E-state index contributed by atoms with van der Waals surface area (Å²) in [5.41, 5.74) is -0.0394. The van der Waals surface area contributed by atoms with Crippen LogP contribution in [0, 0.1) is 27.4 Å². The van der Waals surface area contributed by atoms with Crippen LogP contribution in [-0.2, 0) is 0 Å². The maximum atomic E-state index is 10.1. The molecule has 50 valence electrons. The molecule has 1 atom stereocenters. The Balaban J connectivity index is 2.84. The van der Waals surface area contributed by atoms with Crippen molar-refractivity contribution in [2.75, 3.05) is 0 Å². The zero-order valence-corrected chi connectivity index (χ0v) is 5.02. The summed E-state index contributed by atoms with van der Waals surface area (Å²) in [6.45, 7) is 0. The molecule has 1 unspecified atom stereocenters. The number of allylic oxidation sites excluding steroid dienone is 3. The molecule has 0 aromatic rings. The van der Waals surface area contributed by atoms with Crippen molar-refractivity contribution in [3.8, 4) is 6.07 Å². The molecule has 0 saturated carbocycles. The smallest absolute Gasteiger partial charge is 0.259 e. The second-order valence-corrected chi connectivity index (χ2v) is 1.84. The maximum absolute atomic E-state index is 10.1. The van der Waals surface area contributed by atoms with Gasteiger partial charge < -0.3 is 0 Å². The highest BCUT2D eigenvalue weighted by Gasteiger charge is 2.24. The summed E-state index contributed by atoms with van der Waals surface area (Å²) in [6, 6.07) is 1.80. The van der Waals surface area contributed by atoms with Crippen molar-refractivity contribution in [1.82, 2.24) is 0 Å². The van der Waals surface area contributed by atoms with Crippen LogP contribution in [0.4, 0.5) is 0 Å². The molecule has 0 aromatic carbocycles. The van der Waals surface area contributed by atoms with E-state index in [4.69, 9.17) is 5.26 Å². The minimum Gasteiger partial charge on any atom is -0.259 e. The Morgan fingerprint density at radius 3 is 2.90 bits per heavy atom. The van der Waals surface area contributed by atoms with Crippen LogP contribution in [-0.4, -0.2) is 4.92 Å². The molecule has 0 saturated heterocycles. The van der Waals surface area contributed by atoms with E-state index in [2.05, 4.69) is 0 Å². The highest BCUT2D eigenvalue weighted by Crippen LogP contribution is 2.17. The van der Waals surface area contributed by atoms with Crippen molar-refractivity contribution in [2.45, 2.75) is 0 Å². The summed E-state index contributed by atoms with van der Waals surface area (Å²) in [6.07, 6.45) is 4.36. The van der Waals surface area contributed by atoms with E-state index in [0.717, 1.165) is 0 Å². The fraction of sp³-hybridized carbons (Fsp3) is 0.167. The van der Waals surface area contributed by atoms with Gasteiger partial charge in [0.05, 0.1) is 11.0 Å². The lowest BCUT2D eigenvalue weighted by atomic mass is 10.1. The Kier molecular flexibility index (Phi) is 1.50. The van der Waals surface area contributed by atoms with Gasteiger partial charge in [0, 0.05) is 6.08 Å². The quantitative estimate of drug-likeness (QED) is 0.396. The second-order valence-electron chi connectivity index (χ2n) is 1.84. The van der Waals surface area contributed by atoms with Crippen LogP contribution in [0.1, 0.15) is 0 Å². The highest BCUT2D eigenvalue weighted by atomic mass is 16.6. The molecule has 1 aliphatic rings. The van der Waals surface area contributed by atoms with Crippen LogP contribution >= 0.6 is 0 Å². The third-order valence-corrected chi connectivity index (χ3v) is 1.24. The largest absolute Gasteiger partial charge is 0.267 e. The average Bonchev–Trinajstić information content (AvgIpc) is 2.33. The van der Waals surface area contributed by atoms with Gasteiger partial charge in [0.2, 0.25) is 0 Å². The number of nitriles is 1. The number of rotatable bonds is 1. The Labute approximate surface area is 57.2 Å². The van der Waals surface area contributed by atoms with Crippen LogP contribution < -0.4 is 0 Å². The molecule has 0 heterocycles. The Hall–Kier alpha value is -1.63. The first-order chi connectivity index (χ1) is 4.75. The number of nitro groups is 1. The zero-order valence-electron chi connectivity index (χ0n) is 5.02. The summed E-state index contributed by atoms with van der Waals surface area (Å²) < 4.78 is 0. The third-order valence-electron chi connectivity index (χ3n) is 1.24. The molecule has 0 amide bonds. The number of nitrogens with zero attached hydrogens (tertiary/aromatic N) is 2. The van der Waals surface area contributed by atoms with E-state index < -0.39 is 10.8 Å². The first-order valence-corrected chi connectivity index (χ1v) is 2.68. The highest BCUT2D eigenvalue weighted by molar-refractivity contribution is 5.27. The minimum absolute atomic E-state index is 0.0394. The van der Waals surface area contributed by atoms with Gasteiger partial charge >= 0.3 is 0 Å². The van der Waals surface area contributed by atoms with E-state index >= 15 is 0 Å². The molecule has 0 N–H and O–H groups in total. The molecule has 1 rings (SSSR count). The molecule has 0 fully saturated rings. The van der Waals surface area contributed by atoms with E-state index in [-0.39, 0.29) is 5.70 Å². The third kappa shape index (κ3) is 0.890. The predicted octanol–water partition coefficient (Wildman–Crippen LogP) is 0.857. The first-order valence-electron chi connectivity index (χ1n) is 2.68. The Morgan fingerprint density at radius 2 is 2.50 bits per heavy atom. The van der Waals surface area contributed by atoms with E-state index in [0.29, 0.717) is 0 Å². The Bertz CT molecular complexity index is 259. The summed E-state index contributed by atoms with van der Waals surface area (Å²) in [4.78, 5) is 9.58. The molecule has 0 radical (unpaired) electrons. The van der Waals surface area contributed by atoms with Gasteiger partial charge in [-0.05, 0) is 0 Å². The minimum atomic E-state index is -0.657. The van der Waals surface area contributed by atoms with Crippen molar-refractivity contribution in [1.29, 1.82) is 5.26 Å². The molecule has 10 heavy (non-hydrogen) atoms. The average molecular weight is 136 g/mol. The second kappa shape index (κ2) is 2.31. The van der Waals surface area contributed by atoms with Crippen molar-refractivity contribution in [3.05, 3.63) is 34.0 Å². The molecule has 0 spiro atoms. The van der Waals surface area contributed by atoms with Crippen LogP contribution in [0.3, 0.4) is 0 Å². The van der Waals surface area contributed by atoms with Crippen molar-refractivity contribution in [3.63, 3.8) is 0 Å². The number of hydrogen-bond acceptors (Lipinski definition) is 3. The zero-order chi connectivity index (χ0) is 7.56. The van der Waals surface area contributed by atoms with E-state index in [1.165, 1.54) is 18.2 Å². The van der Waals surface area contributed by atoms with Gasteiger partial charge in [-0.3, -0.25) is 10.1 Å². The van der Waals surface area contributed by atoms with Crippen LogP contribution in [0.15, 0.2) is 23.9 Å². The van der Waals surface area contributed by atoms with Gasteiger partial charge in [-0.25, -0.2) is 0 Å². The van der Waals surface area contributed by atoms with Gasteiger partial charge in [0.1, 0.15) is 0 Å². The standard InChI is InChI=1S/C6H4N2O2/c7-4-5-2-1-3-6(5)8(9)10/h1-3,5H. The molecular formula is C6H4N2O2. The molecule has 4 nitrogen and oxygen atoms in total. The molecule has 4 heteroatoms. The van der Waals surface area contributed by atoms with Gasteiger partial charge in [0.25, 0.3) is 5.70 Å². The normalized spacial score (nSPS) is 21.9. The lowest BCUT2D eigenvalue weighted by Gasteiger charge is -1.92. The molecule has 0 aliphatic heterocycles. The lowest BCUT2D eigenvalue weighted by molar-refractivity contribution is -0.429. The van der Waals surface area contributed by atoms with Gasteiger partial charge in [0.15, 0.2) is 5.92 Å². The van der Waals surface area contributed by atoms with E-state index in [9.17, 15) is 10.1 Å². The molecular weight excluding hydrogens is 132 g/mol. The van der Waals surface area contributed by atoms with Crippen LogP contribution in [0.2, 0.25) is 0 Å². The molecule has 1 aliphatic carbocycles. The Morgan fingerprint density at radius 1 is 1.80 bits per heavy atom. The maximum Gasteiger partial charge on any atom is 0.267 e. The van der Waals surface area contributed by atoms with Gasteiger partial charge in [-0.2, -0.15) is 5.26 Å². The van der Waals surface area contributed by atoms with Crippen molar-refractivity contribution in [2.24, 2.45) is 5.92 Å². The molecule has 0 aromatic heterocycles. The van der Waals surface area contributed by atoms with E-state index in [1.807, 2.05) is 0 Å². The molecule has 0 bridgehead atoms. The summed E-state index contributed by atoms with van der Waals surface area (Å²) in [5.74, 6) is -0.657. The fourth-order valence-corrected chi connectivity index (χ4v) is 0.751. The number of hydrogen-bond donors (Lipinski definition) is 0. The van der Waals surface area contributed by atoms with E-state index in [1.54, 1.807) is 6.07 Å². The first kappa shape index (κ1) is 6.49. The summed E-state index contributed by atoms with van der Waals surface area (Å²) in [7, 11) is 0. The lowest BCUT2D eigenvalue weighted by Crippen LogP contribution is -2.04. The summed E-state index contributed by atoms with van der Waals surface area (Å²) >= 11 is 0. The van der Waals surface area contributed by atoms with Crippen molar-refractivity contribution >= 4 is 0 Å². The van der Waals surface area contributed by atoms with Crippen molar-refractivity contribution < 1.29 is 4.92 Å². The van der Waals surface area contributed by atoms with Crippen LogP contribution in [0.25, 0.3) is 0 Å². The SMILES string of the molecule is N#CC1C=CC=C1[N+](=O)[O-]. The van der Waals surface area contributed by atoms with Crippen LogP contribution in [0.5, 0.6) is 0 Å². The topological polar surface area (TPSA) is 66.9 Å². The summed E-state index contributed by atoms with van der Waals surface area (Å²) in [5, 5.41) is 18.5. The van der Waals surface area contributed by atoms with Gasteiger partial charge in [-0.15, -0.1) is 0 Å². The fourth-order valence-electron chi connectivity index (χ4n) is 0.751. The van der Waals surface area contributed by atoms with Gasteiger partial charge in [-0.1, -0.05) is 12.2 Å². The predicted molar refractivity (Wildman–Crippen MR) is 33.3 cm³/mol.